The lowest BCUT2D eigenvalue weighted by Gasteiger charge is -2.25. The summed E-state index contributed by atoms with van der Waals surface area (Å²) < 4.78 is 20.0. The Balaban J connectivity index is 1.58. The molecule has 0 fully saturated rings. The molecule has 0 aliphatic heterocycles. The Hall–Kier alpha value is -3.99. The minimum Gasteiger partial charge on any atom is -0.443 e. The van der Waals surface area contributed by atoms with Crippen LogP contribution in [0.2, 0.25) is 0 Å². The molecule has 0 unspecified atom stereocenters. The van der Waals surface area contributed by atoms with Crippen molar-refractivity contribution in [3.63, 3.8) is 0 Å². The van der Waals surface area contributed by atoms with Crippen LogP contribution in [-0.4, -0.2) is 43.7 Å². The molecule has 5 rings (SSSR count). The van der Waals surface area contributed by atoms with E-state index in [1.807, 2.05) is 18.2 Å². The maximum absolute atomic E-state index is 14.5. The molecule has 1 amide bonds. The van der Waals surface area contributed by atoms with Gasteiger partial charge < -0.3 is 14.7 Å². The number of ether oxygens (including phenoxy) is 1. The second-order valence-electron chi connectivity index (χ2n) is 8.92. The Bertz CT molecular complexity index is 1670. The first-order valence-corrected chi connectivity index (χ1v) is 11.5. The van der Waals surface area contributed by atoms with Crippen LogP contribution < -0.4 is 10.5 Å². The molecular formula is C24H21FN6O3S. The molecule has 0 saturated heterocycles. The lowest BCUT2D eigenvalue weighted by atomic mass is 10.1. The van der Waals surface area contributed by atoms with Crippen molar-refractivity contribution < 1.29 is 13.9 Å². The number of amides is 1. The number of aromatic nitrogens is 5. The van der Waals surface area contributed by atoms with Gasteiger partial charge in [-0.25, -0.2) is 14.2 Å². The molecule has 0 aliphatic carbocycles. The number of hydrogen-bond acceptors (Lipinski definition) is 7. The molecule has 35 heavy (non-hydrogen) atoms. The molecule has 1 aromatic carbocycles. The van der Waals surface area contributed by atoms with Crippen molar-refractivity contribution in [3.8, 4) is 0 Å². The lowest BCUT2D eigenvalue weighted by molar-refractivity contribution is 0.0589. The Morgan fingerprint density at radius 1 is 1.14 bits per heavy atom. The van der Waals surface area contributed by atoms with Gasteiger partial charge in [0, 0.05) is 29.7 Å². The number of nitrogens with one attached hydrogen (secondary N) is 2. The number of aromatic amines is 2. The summed E-state index contributed by atoms with van der Waals surface area (Å²) in [5.74, 6) is -0.601. The van der Waals surface area contributed by atoms with Crippen LogP contribution in [0.3, 0.4) is 0 Å². The lowest BCUT2D eigenvalue weighted by Crippen LogP contribution is -2.34. The molecule has 0 spiro atoms. The smallest absolute Gasteiger partial charge is 0.414 e. The molecule has 0 aliphatic rings. The van der Waals surface area contributed by atoms with E-state index in [2.05, 4.69) is 24.9 Å². The van der Waals surface area contributed by atoms with E-state index >= 15 is 0 Å². The molecule has 0 bridgehead atoms. The van der Waals surface area contributed by atoms with E-state index in [0.717, 1.165) is 15.9 Å². The number of anilines is 1. The van der Waals surface area contributed by atoms with Gasteiger partial charge in [0.05, 0.1) is 27.6 Å². The number of pyridine rings is 2. The molecule has 2 N–H and O–H groups in total. The van der Waals surface area contributed by atoms with Crippen molar-refractivity contribution in [2.24, 2.45) is 0 Å². The Labute approximate surface area is 202 Å². The predicted molar refractivity (Wildman–Crippen MR) is 132 cm³/mol. The van der Waals surface area contributed by atoms with Crippen molar-refractivity contribution in [2.75, 3.05) is 11.9 Å². The molecule has 11 heteroatoms. The Morgan fingerprint density at radius 2 is 1.94 bits per heavy atom. The maximum atomic E-state index is 14.5. The van der Waals surface area contributed by atoms with Crippen LogP contribution >= 0.6 is 11.8 Å². The van der Waals surface area contributed by atoms with Gasteiger partial charge in [-0.1, -0.05) is 0 Å². The molecule has 0 atom stereocenters. The quantitative estimate of drug-likeness (QED) is 0.340. The molecular weight excluding hydrogens is 471 g/mol. The molecule has 0 radical (unpaired) electrons. The fourth-order valence-corrected chi connectivity index (χ4v) is 4.46. The van der Waals surface area contributed by atoms with E-state index in [-0.39, 0.29) is 16.7 Å². The van der Waals surface area contributed by atoms with Crippen molar-refractivity contribution in [1.82, 2.24) is 24.9 Å². The highest BCUT2D eigenvalue weighted by Gasteiger charge is 2.24. The molecule has 0 saturated carbocycles. The first-order chi connectivity index (χ1) is 16.6. The standard InChI is InChI=1S/C24H21FN6O3S/c1-24(2,3)34-23(33)31(4)17-9-12(25)8-14-18-20(28-19(14)17)29-22(30-21(18)32)35-13-10-16-15(27-11-13)6-5-7-26-16/h5-11H,1-4H3,(H2,28,29,30,32). The summed E-state index contributed by atoms with van der Waals surface area (Å²) in [5, 5.41) is 0.835. The van der Waals surface area contributed by atoms with Crippen LogP contribution in [0.15, 0.2) is 57.6 Å². The van der Waals surface area contributed by atoms with Gasteiger partial charge in [-0.05, 0) is 62.9 Å². The van der Waals surface area contributed by atoms with E-state index in [1.54, 1.807) is 33.2 Å². The predicted octanol–water partition coefficient (Wildman–Crippen LogP) is 5.01. The number of hydrogen-bond donors (Lipinski definition) is 2. The summed E-state index contributed by atoms with van der Waals surface area (Å²) >= 11 is 1.22. The van der Waals surface area contributed by atoms with Crippen LogP contribution in [0.1, 0.15) is 20.8 Å². The normalized spacial score (nSPS) is 11.9. The minimum absolute atomic E-state index is 0.195. The number of fused-ring (bicyclic) bond motifs is 4. The summed E-state index contributed by atoms with van der Waals surface area (Å²) in [6.07, 6.45) is 2.70. The highest BCUT2D eigenvalue weighted by Crippen LogP contribution is 2.33. The van der Waals surface area contributed by atoms with Crippen LogP contribution in [0.4, 0.5) is 14.9 Å². The largest absolute Gasteiger partial charge is 0.443 e. The van der Waals surface area contributed by atoms with Crippen molar-refractivity contribution in [1.29, 1.82) is 0 Å². The van der Waals surface area contributed by atoms with Crippen LogP contribution in [0.5, 0.6) is 0 Å². The van der Waals surface area contributed by atoms with Crippen LogP contribution in [0, 0.1) is 5.82 Å². The molecule has 4 heterocycles. The van der Waals surface area contributed by atoms with E-state index in [0.29, 0.717) is 16.1 Å². The summed E-state index contributed by atoms with van der Waals surface area (Å²) in [6.45, 7) is 5.23. The zero-order valence-corrected chi connectivity index (χ0v) is 20.2. The number of benzene rings is 1. The van der Waals surface area contributed by atoms with Crippen molar-refractivity contribution in [2.45, 2.75) is 36.4 Å². The van der Waals surface area contributed by atoms with Gasteiger partial charge in [-0.3, -0.25) is 19.7 Å². The van der Waals surface area contributed by atoms with Crippen molar-refractivity contribution in [3.05, 3.63) is 58.9 Å². The highest BCUT2D eigenvalue weighted by molar-refractivity contribution is 7.99. The second kappa shape index (κ2) is 8.35. The van der Waals surface area contributed by atoms with E-state index in [1.165, 1.54) is 35.8 Å². The topological polar surface area (TPSA) is 117 Å². The van der Waals surface area contributed by atoms with Gasteiger partial charge in [0.1, 0.15) is 17.1 Å². The number of rotatable bonds is 3. The first-order valence-electron chi connectivity index (χ1n) is 10.7. The van der Waals surface area contributed by atoms with E-state index < -0.39 is 23.1 Å². The third-order valence-corrected chi connectivity index (χ3v) is 6.01. The van der Waals surface area contributed by atoms with Gasteiger partial charge in [0.25, 0.3) is 5.56 Å². The van der Waals surface area contributed by atoms with E-state index in [9.17, 15) is 14.0 Å². The molecule has 5 aromatic rings. The third-order valence-electron chi connectivity index (χ3n) is 5.16. The van der Waals surface area contributed by atoms with E-state index in [4.69, 9.17) is 4.74 Å². The highest BCUT2D eigenvalue weighted by atomic mass is 32.2. The number of H-pyrrole nitrogens is 2. The van der Waals surface area contributed by atoms with Gasteiger partial charge in [0.15, 0.2) is 5.16 Å². The molecule has 4 aromatic heterocycles. The van der Waals surface area contributed by atoms with Gasteiger partial charge in [0.2, 0.25) is 0 Å². The summed E-state index contributed by atoms with van der Waals surface area (Å²) in [7, 11) is 1.48. The first kappa shape index (κ1) is 22.8. The molecule has 178 valence electrons. The van der Waals surface area contributed by atoms with Crippen LogP contribution in [-0.2, 0) is 4.74 Å². The molecule has 9 nitrogen and oxygen atoms in total. The number of halogens is 1. The number of carbonyl (C=O) groups is 1. The maximum Gasteiger partial charge on any atom is 0.414 e. The second-order valence-corrected chi connectivity index (χ2v) is 9.98. The van der Waals surface area contributed by atoms with Gasteiger partial charge in [-0.15, -0.1) is 0 Å². The Kier molecular flexibility index (Phi) is 5.43. The number of nitrogens with zero attached hydrogens (tertiary/aromatic N) is 4. The summed E-state index contributed by atoms with van der Waals surface area (Å²) in [4.78, 5) is 46.6. The fraction of sp³-hybridized carbons (Fsp3) is 0.208. The average Bonchev–Trinajstić information content (AvgIpc) is 3.15. The fourth-order valence-electron chi connectivity index (χ4n) is 3.68. The third kappa shape index (κ3) is 4.42. The summed E-state index contributed by atoms with van der Waals surface area (Å²) in [6, 6.07) is 7.97. The van der Waals surface area contributed by atoms with Gasteiger partial charge in [-0.2, -0.15) is 0 Å². The zero-order chi connectivity index (χ0) is 24.9. The van der Waals surface area contributed by atoms with Crippen LogP contribution in [0.25, 0.3) is 33.0 Å². The Morgan fingerprint density at radius 3 is 2.71 bits per heavy atom. The van der Waals surface area contributed by atoms with Gasteiger partial charge >= 0.3 is 6.09 Å². The van der Waals surface area contributed by atoms with Crippen molar-refractivity contribution >= 4 is 56.5 Å². The average molecular weight is 493 g/mol. The zero-order valence-electron chi connectivity index (χ0n) is 19.3. The number of carbonyl (C=O) groups excluding carboxylic acids is 1. The monoisotopic (exact) mass is 492 g/mol. The summed E-state index contributed by atoms with van der Waals surface area (Å²) in [5.41, 5.74) is 1.20. The SMILES string of the molecule is CN(C(=O)OC(C)(C)C)c1cc(F)cc2c1[nH]c1nc(Sc3cnc4cccnc4c3)[nH]c(=O)c12. The minimum atomic E-state index is -0.726.